The first-order chi connectivity index (χ1) is 13.4. The summed E-state index contributed by atoms with van der Waals surface area (Å²) in [6.07, 6.45) is 0. The molecule has 0 saturated carbocycles. The smallest absolute Gasteiger partial charge is 0.0397 e. The third-order valence-electron chi connectivity index (χ3n) is 6.90. The Morgan fingerprint density at radius 2 is 1.61 bits per heavy atom. The van der Waals surface area contributed by atoms with Crippen molar-refractivity contribution in [2.75, 3.05) is 19.6 Å². The van der Waals surface area contributed by atoms with E-state index in [1.54, 1.807) is 5.56 Å². The summed E-state index contributed by atoms with van der Waals surface area (Å²) in [4.78, 5) is 5.47. The number of hydrogen-bond donors (Lipinski definition) is 0. The standard InChI is InChI=1S/C26H36N2/c1-18(2)23-8-6-7-9-24(23)26-25-17-27(14-21-12-10-20(5)11-13-21)15-22(25)16-28(26)19(3)4/h6-13,18-19,22,25-26H,14-17H2,1-5H3. The number of nitrogens with zero attached hydrogens (tertiary/aromatic N) is 2. The van der Waals surface area contributed by atoms with E-state index in [9.17, 15) is 0 Å². The van der Waals surface area contributed by atoms with Crippen LogP contribution in [0.3, 0.4) is 0 Å². The van der Waals surface area contributed by atoms with Gasteiger partial charge in [-0.15, -0.1) is 0 Å². The minimum Gasteiger partial charge on any atom is -0.298 e. The van der Waals surface area contributed by atoms with Gasteiger partial charge in [0.15, 0.2) is 0 Å². The number of benzene rings is 2. The minimum absolute atomic E-state index is 0.562. The Morgan fingerprint density at radius 1 is 0.893 bits per heavy atom. The molecule has 0 radical (unpaired) electrons. The average molecular weight is 377 g/mol. The molecule has 2 aliphatic heterocycles. The lowest BCUT2D eigenvalue weighted by atomic mass is 9.84. The van der Waals surface area contributed by atoms with E-state index in [2.05, 4.69) is 92.9 Å². The molecule has 0 spiro atoms. The van der Waals surface area contributed by atoms with E-state index in [-0.39, 0.29) is 0 Å². The molecule has 2 fully saturated rings. The molecule has 150 valence electrons. The third-order valence-corrected chi connectivity index (χ3v) is 6.90. The average Bonchev–Trinajstić information content (AvgIpc) is 3.20. The predicted molar refractivity (Wildman–Crippen MR) is 119 cm³/mol. The lowest BCUT2D eigenvalue weighted by Gasteiger charge is -2.34. The SMILES string of the molecule is Cc1ccc(CN2CC3CN(C(C)C)C(c4ccccc4C(C)C)C3C2)cc1. The summed E-state index contributed by atoms with van der Waals surface area (Å²) >= 11 is 0. The van der Waals surface area contributed by atoms with Crippen molar-refractivity contribution in [3.63, 3.8) is 0 Å². The normalized spacial score (nSPS) is 25.8. The summed E-state index contributed by atoms with van der Waals surface area (Å²) in [6.45, 7) is 16.4. The maximum absolute atomic E-state index is 2.78. The fourth-order valence-electron chi connectivity index (χ4n) is 5.50. The molecular weight excluding hydrogens is 340 g/mol. The van der Waals surface area contributed by atoms with E-state index in [1.807, 2.05) is 0 Å². The molecule has 2 heterocycles. The molecule has 2 aromatic rings. The quantitative estimate of drug-likeness (QED) is 0.667. The van der Waals surface area contributed by atoms with Crippen molar-refractivity contribution in [1.82, 2.24) is 9.80 Å². The van der Waals surface area contributed by atoms with Gasteiger partial charge in [0, 0.05) is 38.3 Å². The summed E-state index contributed by atoms with van der Waals surface area (Å²) in [5.41, 5.74) is 5.91. The highest BCUT2D eigenvalue weighted by molar-refractivity contribution is 5.34. The molecule has 3 atom stereocenters. The maximum Gasteiger partial charge on any atom is 0.0397 e. The number of rotatable bonds is 5. The van der Waals surface area contributed by atoms with Gasteiger partial charge in [-0.05, 0) is 55.2 Å². The largest absolute Gasteiger partial charge is 0.298 e. The molecule has 0 amide bonds. The summed E-state index contributed by atoms with van der Waals surface area (Å²) in [5, 5.41) is 0. The van der Waals surface area contributed by atoms with E-state index >= 15 is 0 Å². The Morgan fingerprint density at radius 3 is 2.29 bits per heavy atom. The summed E-state index contributed by atoms with van der Waals surface area (Å²) < 4.78 is 0. The number of hydrogen-bond acceptors (Lipinski definition) is 2. The molecule has 0 N–H and O–H groups in total. The van der Waals surface area contributed by atoms with Crippen LogP contribution in [0.5, 0.6) is 0 Å². The van der Waals surface area contributed by atoms with Crippen LogP contribution < -0.4 is 0 Å². The predicted octanol–water partition coefficient (Wildman–Crippen LogP) is 5.63. The van der Waals surface area contributed by atoms with Crippen LogP contribution in [0.15, 0.2) is 48.5 Å². The third kappa shape index (κ3) is 3.77. The van der Waals surface area contributed by atoms with Gasteiger partial charge in [0.1, 0.15) is 0 Å². The van der Waals surface area contributed by atoms with Gasteiger partial charge in [0.05, 0.1) is 0 Å². The molecule has 2 nitrogen and oxygen atoms in total. The van der Waals surface area contributed by atoms with E-state index in [0.717, 1.165) is 18.4 Å². The Balaban J connectivity index is 1.58. The van der Waals surface area contributed by atoms with Crippen molar-refractivity contribution < 1.29 is 0 Å². The van der Waals surface area contributed by atoms with Gasteiger partial charge in [-0.2, -0.15) is 0 Å². The van der Waals surface area contributed by atoms with Crippen molar-refractivity contribution in [3.8, 4) is 0 Å². The van der Waals surface area contributed by atoms with Gasteiger partial charge in [0.2, 0.25) is 0 Å². The first-order valence-corrected chi connectivity index (χ1v) is 11.1. The molecule has 0 aromatic heterocycles. The minimum atomic E-state index is 0.562. The lowest BCUT2D eigenvalue weighted by molar-refractivity contribution is 0.158. The molecule has 2 saturated heterocycles. The zero-order valence-electron chi connectivity index (χ0n) is 18.2. The molecular formula is C26H36N2. The van der Waals surface area contributed by atoms with Crippen LogP contribution in [0.2, 0.25) is 0 Å². The lowest BCUT2D eigenvalue weighted by Crippen LogP contribution is -2.36. The van der Waals surface area contributed by atoms with Gasteiger partial charge >= 0.3 is 0 Å². The zero-order valence-corrected chi connectivity index (χ0v) is 18.2. The molecule has 28 heavy (non-hydrogen) atoms. The van der Waals surface area contributed by atoms with Crippen LogP contribution in [0.4, 0.5) is 0 Å². The van der Waals surface area contributed by atoms with Gasteiger partial charge in [-0.3, -0.25) is 9.80 Å². The molecule has 0 bridgehead atoms. The second-order valence-corrected chi connectivity index (χ2v) is 9.62. The van der Waals surface area contributed by atoms with E-state index in [0.29, 0.717) is 18.0 Å². The Bertz CT molecular complexity index is 792. The Kier molecular flexibility index (Phi) is 5.62. The first-order valence-electron chi connectivity index (χ1n) is 11.1. The molecule has 0 aliphatic carbocycles. The second-order valence-electron chi connectivity index (χ2n) is 9.62. The molecule has 2 heteroatoms. The van der Waals surface area contributed by atoms with Crippen molar-refractivity contribution in [2.45, 2.75) is 59.2 Å². The van der Waals surface area contributed by atoms with E-state index < -0.39 is 0 Å². The summed E-state index contributed by atoms with van der Waals surface area (Å²) in [5.74, 6) is 2.11. The van der Waals surface area contributed by atoms with E-state index in [4.69, 9.17) is 0 Å². The van der Waals surface area contributed by atoms with Crippen LogP contribution in [0.1, 0.15) is 61.9 Å². The first kappa shape index (κ1) is 19.7. The van der Waals surface area contributed by atoms with Crippen molar-refractivity contribution in [1.29, 1.82) is 0 Å². The fraction of sp³-hybridized carbons (Fsp3) is 0.538. The monoisotopic (exact) mass is 376 g/mol. The summed E-state index contributed by atoms with van der Waals surface area (Å²) in [7, 11) is 0. The van der Waals surface area contributed by atoms with Crippen molar-refractivity contribution in [2.24, 2.45) is 11.8 Å². The highest BCUT2D eigenvalue weighted by atomic mass is 15.3. The maximum atomic E-state index is 2.78. The molecule has 2 aliphatic rings. The molecule has 4 rings (SSSR count). The molecule has 2 aromatic carbocycles. The van der Waals surface area contributed by atoms with Gasteiger partial charge in [-0.1, -0.05) is 67.9 Å². The number of likely N-dealkylation sites (tertiary alicyclic amines) is 2. The highest BCUT2D eigenvalue weighted by Crippen LogP contribution is 2.47. The van der Waals surface area contributed by atoms with E-state index in [1.165, 1.54) is 36.3 Å². The van der Waals surface area contributed by atoms with Gasteiger partial charge in [-0.25, -0.2) is 0 Å². The van der Waals surface area contributed by atoms with Crippen LogP contribution in [0, 0.1) is 18.8 Å². The topological polar surface area (TPSA) is 6.48 Å². The van der Waals surface area contributed by atoms with Gasteiger partial charge < -0.3 is 0 Å². The van der Waals surface area contributed by atoms with Gasteiger partial charge in [0.25, 0.3) is 0 Å². The van der Waals surface area contributed by atoms with Crippen LogP contribution in [-0.2, 0) is 6.54 Å². The van der Waals surface area contributed by atoms with Crippen molar-refractivity contribution in [3.05, 3.63) is 70.8 Å². The highest BCUT2D eigenvalue weighted by Gasteiger charge is 2.48. The number of fused-ring (bicyclic) bond motifs is 1. The van der Waals surface area contributed by atoms with Crippen LogP contribution in [0.25, 0.3) is 0 Å². The fourth-order valence-corrected chi connectivity index (χ4v) is 5.50. The Labute approximate surface area is 171 Å². The summed E-state index contributed by atoms with van der Waals surface area (Å²) in [6, 6.07) is 19.5. The second kappa shape index (κ2) is 8.00. The molecule has 3 unspecified atom stereocenters. The number of aryl methyl sites for hydroxylation is 1. The van der Waals surface area contributed by atoms with Crippen LogP contribution >= 0.6 is 0 Å². The zero-order chi connectivity index (χ0) is 19.8. The van der Waals surface area contributed by atoms with Crippen LogP contribution in [-0.4, -0.2) is 35.5 Å². The Hall–Kier alpha value is -1.64. The van der Waals surface area contributed by atoms with Crippen molar-refractivity contribution >= 4 is 0 Å².